The average Bonchev–Trinajstić information content (AvgIpc) is 2.86. The number of hydrogen-bond donors (Lipinski definition) is 0. The fraction of sp³-hybridized carbons (Fsp3) is 0.500. The Kier molecular flexibility index (Phi) is 7.73. The minimum absolute atomic E-state index is 0.0820. The number of halogens is 2. The number of nitrogens with zero attached hydrogens (tertiary/aromatic N) is 4. The smallest absolute Gasteiger partial charge is 0.239 e. The quantitative estimate of drug-likeness (QED) is 0.668. The van der Waals surface area contributed by atoms with E-state index in [2.05, 4.69) is 21.6 Å². The van der Waals surface area contributed by atoms with Gasteiger partial charge in [0.25, 0.3) is 0 Å². The summed E-state index contributed by atoms with van der Waals surface area (Å²) >= 11 is 0. The summed E-state index contributed by atoms with van der Waals surface area (Å²) in [6, 6.07) is 12.9. The van der Waals surface area contributed by atoms with E-state index in [1.54, 1.807) is 24.3 Å². The van der Waals surface area contributed by atoms with Crippen molar-refractivity contribution in [2.45, 2.75) is 25.9 Å². The molecule has 0 saturated carbocycles. The van der Waals surface area contributed by atoms with E-state index in [-0.39, 0.29) is 29.6 Å². The third-order valence-electron chi connectivity index (χ3n) is 7.12. The lowest BCUT2D eigenvalue weighted by Gasteiger charge is -2.43. The van der Waals surface area contributed by atoms with Gasteiger partial charge in [0, 0.05) is 52.4 Å². The summed E-state index contributed by atoms with van der Waals surface area (Å²) in [5, 5.41) is 0. The van der Waals surface area contributed by atoms with Crippen LogP contribution in [0.3, 0.4) is 0 Å². The lowest BCUT2D eigenvalue weighted by molar-refractivity contribution is -0.139. The van der Waals surface area contributed by atoms with Gasteiger partial charge in [-0.1, -0.05) is 31.2 Å². The number of hydrogen-bond acceptors (Lipinski definition) is 4. The zero-order chi connectivity index (χ0) is 23.4. The molecule has 2 heterocycles. The summed E-state index contributed by atoms with van der Waals surface area (Å²) in [5.41, 5.74) is 1.96. The molecule has 178 valence electrons. The Morgan fingerprint density at radius 1 is 0.758 bits per heavy atom. The van der Waals surface area contributed by atoms with E-state index in [0.717, 1.165) is 70.0 Å². The SMILES string of the molecule is CCN1CCN(C(=O)[C@@H](C)N2CCN(C(c3ccc(F)cc3)c3ccc(F)cc3)CC2)CC1. The molecule has 2 aliphatic heterocycles. The molecule has 0 spiro atoms. The van der Waals surface area contributed by atoms with Crippen molar-refractivity contribution in [1.29, 1.82) is 0 Å². The van der Waals surface area contributed by atoms with Crippen molar-refractivity contribution in [3.8, 4) is 0 Å². The summed E-state index contributed by atoms with van der Waals surface area (Å²) in [5.74, 6) is -0.324. The molecule has 4 rings (SSSR count). The maximum absolute atomic E-state index is 13.6. The van der Waals surface area contributed by atoms with Gasteiger partial charge in [-0.15, -0.1) is 0 Å². The van der Waals surface area contributed by atoms with Crippen LogP contribution in [-0.2, 0) is 4.79 Å². The lowest BCUT2D eigenvalue weighted by Crippen LogP contribution is -2.57. The number of amides is 1. The van der Waals surface area contributed by atoms with Crippen molar-refractivity contribution in [2.75, 3.05) is 58.9 Å². The highest BCUT2D eigenvalue weighted by molar-refractivity contribution is 5.81. The molecule has 0 bridgehead atoms. The van der Waals surface area contributed by atoms with Crippen LogP contribution in [0.2, 0.25) is 0 Å². The first-order valence-corrected chi connectivity index (χ1v) is 12.0. The third kappa shape index (κ3) is 5.60. The highest BCUT2D eigenvalue weighted by atomic mass is 19.1. The zero-order valence-corrected chi connectivity index (χ0v) is 19.6. The Morgan fingerprint density at radius 2 is 1.21 bits per heavy atom. The summed E-state index contributed by atoms with van der Waals surface area (Å²) in [7, 11) is 0. The molecule has 0 N–H and O–H groups in total. The fourth-order valence-electron chi connectivity index (χ4n) is 4.99. The van der Waals surface area contributed by atoms with Crippen LogP contribution >= 0.6 is 0 Å². The van der Waals surface area contributed by atoms with E-state index in [1.807, 2.05) is 11.8 Å². The molecule has 2 aliphatic rings. The van der Waals surface area contributed by atoms with E-state index < -0.39 is 0 Å². The molecule has 0 aromatic heterocycles. The zero-order valence-electron chi connectivity index (χ0n) is 19.6. The van der Waals surface area contributed by atoms with Crippen LogP contribution < -0.4 is 0 Å². The fourth-order valence-corrected chi connectivity index (χ4v) is 4.99. The van der Waals surface area contributed by atoms with Crippen LogP contribution in [0.1, 0.15) is 31.0 Å². The minimum atomic E-state index is -0.270. The van der Waals surface area contributed by atoms with Crippen LogP contribution in [0.4, 0.5) is 8.78 Å². The second-order valence-corrected chi connectivity index (χ2v) is 9.01. The van der Waals surface area contributed by atoms with E-state index in [1.165, 1.54) is 24.3 Å². The molecule has 7 heteroatoms. The molecule has 1 amide bonds. The Hall–Kier alpha value is -2.35. The predicted molar refractivity (Wildman–Crippen MR) is 126 cm³/mol. The van der Waals surface area contributed by atoms with Gasteiger partial charge >= 0.3 is 0 Å². The molecule has 2 fully saturated rings. The Morgan fingerprint density at radius 3 is 1.67 bits per heavy atom. The predicted octanol–water partition coefficient (Wildman–Crippen LogP) is 3.22. The molecule has 33 heavy (non-hydrogen) atoms. The Balaban J connectivity index is 1.42. The number of benzene rings is 2. The first-order valence-electron chi connectivity index (χ1n) is 12.0. The molecule has 0 aliphatic carbocycles. The number of carbonyl (C=O) groups is 1. The molecule has 2 aromatic rings. The van der Waals surface area contributed by atoms with Crippen LogP contribution in [0.5, 0.6) is 0 Å². The summed E-state index contributed by atoms with van der Waals surface area (Å²) in [6.45, 7) is 11.8. The lowest BCUT2D eigenvalue weighted by atomic mass is 9.96. The largest absolute Gasteiger partial charge is 0.339 e. The highest BCUT2D eigenvalue weighted by Crippen LogP contribution is 2.30. The number of piperazine rings is 2. The summed E-state index contributed by atoms with van der Waals surface area (Å²) < 4.78 is 27.1. The van der Waals surface area contributed by atoms with Crippen molar-refractivity contribution >= 4 is 5.91 Å². The second-order valence-electron chi connectivity index (χ2n) is 9.01. The van der Waals surface area contributed by atoms with Crippen LogP contribution in [0.25, 0.3) is 0 Å². The first kappa shape index (κ1) is 23.8. The summed E-state index contributed by atoms with van der Waals surface area (Å²) in [4.78, 5) is 22.1. The topological polar surface area (TPSA) is 30.0 Å². The van der Waals surface area contributed by atoms with E-state index in [0.29, 0.717) is 0 Å². The monoisotopic (exact) mass is 456 g/mol. The van der Waals surface area contributed by atoms with E-state index in [9.17, 15) is 13.6 Å². The van der Waals surface area contributed by atoms with Gasteiger partial charge in [0.05, 0.1) is 12.1 Å². The number of rotatable bonds is 6. The second kappa shape index (κ2) is 10.7. The molecule has 0 radical (unpaired) electrons. The van der Waals surface area contributed by atoms with Crippen molar-refractivity contribution < 1.29 is 13.6 Å². The van der Waals surface area contributed by atoms with Crippen molar-refractivity contribution in [2.24, 2.45) is 0 Å². The van der Waals surface area contributed by atoms with Crippen LogP contribution in [-0.4, -0.2) is 90.5 Å². The highest BCUT2D eigenvalue weighted by Gasteiger charge is 2.32. The van der Waals surface area contributed by atoms with Gasteiger partial charge in [0.1, 0.15) is 11.6 Å². The van der Waals surface area contributed by atoms with E-state index >= 15 is 0 Å². The van der Waals surface area contributed by atoms with E-state index in [4.69, 9.17) is 0 Å². The standard InChI is InChI=1S/C26H34F2N4O/c1-3-29-12-14-32(15-13-29)26(33)20(2)30-16-18-31(19-17-30)25(21-4-8-23(27)9-5-21)22-6-10-24(28)11-7-22/h4-11,20,25H,3,12-19H2,1-2H3/t20-/m1/s1. The molecule has 2 aromatic carbocycles. The molecular weight excluding hydrogens is 422 g/mol. The maximum Gasteiger partial charge on any atom is 0.239 e. The summed E-state index contributed by atoms with van der Waals surface area (Å²) in [6.07, 6.45) is 0. The Labute approximate surface area is 195 Å². The number of likely N-dealkylation sites (N-methyl/N-ethyl adjacent to an activating group) is 1. The Bertz CT molecular complexity index is 859. The van der Waals surface area contributed by atoms with Crippen molar-refractivity contribution in [1.82, 2.24) is 19.6 Å². The minimum Gasteiger partial charge on any atom is -0.339 e. The molecule has 0 unspecified atom stereocenters. The third-order valence-corrected chi connectivity index (χ3v) is 7.12. The average molecular weight is 457 g/mol. The number of carbonyl (C=O) groups excluding carboxylic acids is 1. The van der Waals surface area contributed by atoms with Gasteiger partial charge in [0.2, 0.25) is 5.91 Å². The normalized spacial score (nSPS) is 19.7. The van der Waals surface area contributed by atoms with Crippen LogP contribution in [0.15, 0.2) is 48.5 Å². The molecule has 5 nitrogen and oxygen atoms in total. The van der Waals surface area contributed by atoms with Gasteiger partial charge in [-0.3, -0.25) is 14.6 Å². The van der Waals surface area contributed by atoms with Gasteiger partial charge in [-0.25, -0.2) is 8.78 Å². The van der Waals surface area contributed by atoms with Gasteiger partial charge in [0.15, 0.2) is 0 Å². The van der Waals surface area contributed by atoms with Crippen molar-refractivity contribution in [3.05, 3.63) is 71.3 Å². The molecule has 1 atom stereocenters. The van der Waals surface area contributed by atoms with Gasteiger partial charge in [-0.2, -0.15) is 0 Å². The van der Waals surface area contributed by atoms with Crippen molar-refractivity contribution in [3.63, 3.8) is 0 Å². The van der Waals surface area contributed by atoms with Gasteiger partial charge in [-0.05, 0) is 48.9 Å². The molecular formula is C26H34F2N4O. The maximum atomic E-state index is 13.6. The van der Waals surface area contributed by atoms with Crippen LogP contribution in [0, 0.1) is 11.6 Å². The molecule has 2 saturated heterocycles. The first-order chi connectivity index (χ1) is 16.0. The van der Waals surface area contributed by atoms with Gasteiger partial charge < -0.3 is 9.80 Å².